The number of ether oxygens (including phenoxy) is 1. The zero-order valence-corrected chi connectivity index (χ0v) is 16.9. The lowest BCUT2D eigenvalue weighted by Gasteiger charge is -2.15. The van der Waals surface area contributed by atoms with Crippen LogP contribution < -0.4 is 5.32 Å². The molecule has 164 valence electrons. The van der Waals surface area contributed by atoms with Gasteiger partial charge >= 0.3 is 12.1 Å². The second kappa shape index (κ2) is 8.66. The summed E-state index contributed by atoms with van der Waals surface area (Å²) in [4.78, 5) is 24.7. The van der Waals surface area contributed by atoms with Crippen LogP contribution >= 0.6 is 0 Å². The summed E-state index contributed by atoms with van der Waals surface area (Å²) in [6.07, 6.45) is -4.12. The van der Waals surface area contributed by atoms with Crippen LogP contribution in [0.2, 0.25) is 0 Å². The van der Waals surface area contributed by atoms with Crippen molar-refractivity contribution in [2.45, 2.75) is 39.1 Å². The van der Waals surface area contributed by atoms with Gasteiger partial charge in [0.05, 0.1) is 11.8 Å². The summed E-state index contributed by atoms with van der Waals surface area (Å²) < 4.78 is 50.7. The van der Waals surface area contributed by atoms with Gasteiger partial charge in [0.15, 0.2) is 6.10 Å². The molecular formula is C21H20F3N3O4. The highest BCUT2D eigenvalue weighted by Gasteiger charge is 2.31. The first-order chi connectivity index (χ1) is 14.6. The summed E-state index contributed by atoms with van der Waals surface area (Å²) in [7, 11) is 0. The van der Waals surface area contributed by atoms with Gasteiger partial charge in [0.25, 0.3) is 5.91 Å². The smallest absolute Gasteiger partial charge is 0.416 e. The molecule has 0 bridgehead atoms. The molecule has 7 nitrogen and oxygen atoms in total. The van der Waals surface area contributed by atoms with Crippen molar-refractivity contribution in [1.29, 1.82) is 0 Å². The average molecular weight is 435 g/mol. The molecular weight excluding hydrogens is 415 g/mol. The van der Waals surface area contributed by atoms with Gasteiger partial charge in [0.2, 0.25) is 5.76 Å². The molecule has 1 amide bonds. The lowest BCUT2D eigenvalue weighted by Crippen LogP contribution is -2.31. The van der Waals surface area contributed by atoms with Crippen molar-refractivity contribution in [2.24, 2.45) is 0 Å². The predicted molar refractivity (Wildman–Crippen MR) is 105 cm³/mol. The molecule has 2 aromatic heterocycles. The summed E-state index contributed by atoms with van der Waals surface area (Å²) in [5, 5.41) is 6.73. The molecule has 1 N–H and O–H groups in total. The first kappa shape index (κ1) is 22.1. The Morgan fingerprint density at radius 3 is 2.55 bits per heavy atom. The van der Waals surface area contributed by atoms with Gasteiger partial charge in [-0.2, -0.15) is 18.3 Å². The summed E-state index contributed by atoms with van der Waals surface area (Å²) in [5.41, 5.74) is -0.682. The molecule has 0 saturated heterocycles. The van der Waals surface area contributed by atoms with E-state index in [2.05, 4.69) is 10.4 Å². The van der Waals surface area contributed by atoms with Crippen LogP contribution in [0.5, 0.6) is 0 Å². The third kappa shape index (κ3) is 5.14. The van der Waals surface area contributed by atoms with E-state index in [1.807, 2.05) is 13.8 Å². The van der Waals surface area contributed by atoms with Gasteiger partial charge in [-0.25, -0.2) is 9.48 Å². The van der Waals surface area contributed by atoms with Gasteiger partial charge in [0.1, 0.15) is 11.6 Å². The van der Waals surface area contributed by atoms with E-state index >= 15 is 0 Å². The van der Waals surface area contributed by atoms with Crippen molar-refractivity contribution in [3.05, 3.63) is 60.0 Å². The number of amides is 1. The molecule has 0 aliphatic carbocycles. The van der Waals surface area contributed by atoms with Crippen molar-refractivity contribution in [3.8, 4) is 11.3 Å². The number of furan rings is 1. The number of benzene rings is 1. The molecule has 0 fully saturated rings. The van der Waals surface area contributed by atoms with Crippen LogP contribution in [0, 0.1) is 0 Å². The Hall–Kier alpha value is -3.56. The number of carbonyl (C=O) groups is 2. The van der Waals surface area contributed by atoms with E-state index in [0.717, 1.165) is 12.1 Å². The topological polar surface area (TPSA) is 86.4 Å². The Bertz CT molecular complexity index is 1090. The minimum Gasteiger partial charge on any atom is -0.449 e. The second-order valence-corrected chi connectivity index (χ2v) is 7.03. The number of halogens is 3. The third-order valence-electron chi connectivity index (χ3n) is 4.35. The molecule has 10 heteroatoms. The maximum absolute atomic E-state index is 12.9. The Morgan fingerprint density at radius 1 is 1.13 bits per heavy atom. The normalized spacial score (nSPS) is 12.6. The summed E-state index contributed by atoms with van der Waals surface area (Å²) in [5.74, 6) is -1.21. The van der Waals surface area contributed by atoms with Crippen molar-refractivity contribution in [2.75, 3.05) is 5.32 Å². The molecule has 0 saturated carbocycles. The zero-order valence-electron chi connectivity index (χ0n) is 16.9. The fourth-order valence-corrected chi connectivity index (χ4v) is 2.78. The molecule has 2 heterocycles. The Morgan fingerprint density at radius 2 is 1.87 bits per heavy atom. The molecule has 3 rings (SSSR count). The first-order valence-corrected chi connectivity index (χ1v) is 9.39. The number of nitrogens with one attached hydrogen (secondary N) is 1. The number of anilines is 1. The van der Waals surface area contributed by atoms with Crippen LogP contribution in [-0.2, 0) is 15.7 Å². The standard InChI is InChI=1S/C21H20F3N3O4/c1-12(2)27-18(9-10-25-27)26-19(28)13(3)30-20(29)17-8-7-16(31-17)14-5-4-6-15(11-14)21(22,23)24/h4-13H,1-3H3,(H,26,28). The van der Waals surface area contributed by atoms with E-state index in [-0.39, 0.29) is 23.1 Å². The second-order valence-electron chi connectivity index (χ2n) is 7.03. The number of nitrogens with zero attached hydrogens (tertiary/aromatic N) is 2. The maximum atomic E-state index is 12.9. The van der Waals surface area contributed by atoms with Gasteiger partial charge in [-0.15, -0.1) is 0 Å². The van der Waals surface area contributed by atoms with Crippen molar-refractivity contribution in [3.63, 3.8) is 0 Å². The van der Waals surface area contributed by atoms with Gasteiger partial charge in [0, 0.05) is 17.7 Å². The fraction of sp³-hybridized carbons (Fsp3) is 0.286. The fourth-order valence-electron chi connectivity index (χ4n) is 2.78. The largest absolute Gasteiger partial charge is 0.449 e. The van der Waals surface area contributed by atoms with Crippen LogP contribution in [0.3, 0.4) is 0 Å². The quantitative estimate of drug-likeness (QED) is 0.555. The van der Waals surface area contributed by atoms with Crippen molar-refractivity contribution >= 4 is 17.7 Å². The monoisotopic (exact) mass is 435 g/mol. The lowest BCUT2D eigenvalue weighted by molar-refractivity contribution is -0.137. The molecule has 1 aromatic carbocycles. The summed E-state index contributed by atoms with van der Waals surface area (Å²) in [6, 6.07) is 8.79. The minimum atomic E-state index is -4.50. The number of aromatic nitrogens is 2. The highest BCUT2D eigenvalue weighted by Crippen LogP contribution is 2.32. The van der Waals surface area contributed by atoms with E-state index < -0.39 is 29.7 Å². The van der Waals surface area contributed by atoms with Gasteiger partial charge in [-0.3, -0.25) is 4.79 Å². The highest BCUT2D eigenvalue weighted by atomic mass is 19.4. The number of hydrogen-bond acceptors (Lipinski definition) is 5. The van der Waals surface area contributed by atoms with E-state index in [0.29, 0.717) is 5.82 Å². The first-order valence-electron chi connectivity index (χ1n) is 9.39. The molecule has 0 aliphatic rings. The van der Waals surface area contributed by atoms with E-state index in [9.17, 15) is 22.8 Å². The maximum Gasteiger partial charge on any atom is 0.416 e. The van der Waals surface area contributed by atoms with Crippen LogP contribution in [0.4, 0.5) is 19.0 Å². The number of rotatable bonds is 6. The number of carbonyl (C=O) groups excluding carboxylic acids is 2. The third-order valence-corrected chi connectivity index (χ3v) is 4.35. The highest BCUT2D eigenvalue weighted by molar-refractivity contribution is 5.96. The van der Waals surface area contributed by atoms with Crippen LogP contribution in [0.25, 0.3) is 11.3 Å². The molecule has 31 heavy (non-hydrogen) atoms. The molecule has 3 aromatic rings. The SMILES string of the molecule is CC(OC(=O)c1ccc(-c2cccc(C(F)(F)F)c2)o1)C(=O)Nc1ccnn1C(C)C. The molecule has 0 aliphatic heterocycles. The predicted octanol–water partition coefficient (Wildman–Crippen LogP) is 4.93. The van der Waals surface area contributed by atoms with E-state index in [1.165, 1.54) is 37.4 Å². The van der Waals surface area contributed by atoms with Crippen LogP contribution in [0.15, 0.2) is 53.1 Å². The van der Waals surface area contributed by atoms with Gasteiger partial charge in [-0.1, -0.05) is 12.1 Å². The van der Waals surface area contributed by atoms with Crippen molar-refractivity contribution in [1.82, 2.24) is 9.78 Å². The summed E-state index contributed by atoms with van der Waals surface area (Å²) >= 11 is 0. The van der Waals surface area contributed by atoms with E-state index in [4.69, 9.17) is 9.15 Å². The zero-order chi connectivity index (χ0) is 22.8. The number of hydrogen-bond donors (Lipinski definition) is 1. The molecule has 0 radical (unpaired) electrons. The van der Waals surface area contributed by atoms with Gasteiger partial charge in [-0.05, 0) is 45.0 Å². The Balaban J connectivity index is 1.67. The molecule has 0 spiro atoms. The van der Waals surface area contributed by atoms with Crippen LogP contribution in [0.1, 0.15) is 42.9 Å². The Labute approximate surface area is 175 Å². The lowest BCUT2D eigenvalue weighted by atomic mass is 10.1. The number of esters is 1. The van der Waals surface area contributed by atoms with E-state index in [1.54, 1.807) is 10.7 Å². The molecule has 1 atom stereocenters. The van der Waals surface area contributed by atoms with Crippen molar-refractivity contribution < 1.29 is 31.9 Å². The number of alkyl halides is 3. The molecule has 1 unspecified atom stereocenters. The Kier molecular flexibility index (Phi) is 6.19. The minimum absolute atomic E-state index is 0.0144. The van der Waals surface area contributed by atoms with Gasteiger partial charge < -0.3 is 14.5 Å². The van der Waals surface area contributed by atoms with Crippen LogP contribution in [-0.4, -0.2) is 27.8 Å². The summed E-state index contributed by atoms with van der Waals surface area (Å²) in [6.45, 7) is 5.18. The average Bonchev–Trinajstić information content (AvgIpc) is 3.37.